The molecule has 1 rings (SSSR count). The number of hydrogen-bond donors (Lipinski definition) is 2. The van der Waals surface area contributed by atoms with E-state index in [1.807, 2.05) is 0 Å². The van der Waals surface area contributed by atoms with Gasteiger partial charge in [0.25, 0.3) is 0 Å². The molecule has 0 spiro atoms. The second-order valence-corrected chi connectivity index (χ2v) is 4.92. The Bertz CT molecular complexity index is 156. The summed E-state index contributed by atoms with van der Waals surface area (Å²) < 4.78 is 5.59. The topological polar surface area (TPSA) is 47.3 Å². The van der Waals surface area contributed by atoms with Gasteiger partial charge in [0.05, 0.1) is 6.61 Å². The molecule has 0 bridgehead atoms. The lowest BCUT2D eigenvalue weighted by molar-refractivity contribution is 0.0991. The maximum absolute atomic E-state index is 5.90. The van der Waals surface area contributed by atoms with Gasteiger partial charge in [0.2, 0.25) is 0 Å². The summed E-state index contributed by atoms with van der Waals surface area (Å²) >= 11 is 0. The maximum atomic E-state index is 5.90. The highest BCUT2D eigenvalue weighted by Crippen LogP contribution is 2.10. The Morgan fingerprint density at radius 2 is 2.20 bits per heavy atom. The molecular formula is C12H26N2O. The number of ether oxygens (including phenoxy) is 1. The van der Waals surface area contributed by atoms with E-state index >= 15 is 0 Å². The number of rotatable bonds is 6. The van der Waals surface area contributed by atoms with Crippen molar-refractivity contribution >= 4 is 0 Å². The lowest BCUT2D eigenvalue weighted by Crippen LogP contribution is -2.36. The van der Waals surface area contributed by atoms with E-state index in [4.69, 9.17) is 10.5 Å². The molecule has 0 amide bonds. The number of piperidine rings is 1. The van der Waals surface area contributed by atoms with Gasteiger partial charge in [-0.05, 0) is 31.7 Å². The average molecular weight is 214 g/mol. The van der Waals surface area contributed by atoms with Crippen molar-refractivity contribution in [3.63, 3.8) is 0 Å². The van der Waals surface area contributed by atoms with Gasteiger partial charge < -0.3 is 15.8 Å². The molecule has 2 atom stereocenters. The number of nitrogens with one attached hydrogen (secondary N) is 1. The molecule has 1 aliphatic rings. The fourth-order valence-electron chi connectivity index (χ4n) is 1.81. The Hall–Kier alpha value is -0.120. The first kappa shape index (κ1) is 12.9. The van der Waals surface area contributed by atoms with E-state index < -0.39 is 0 Å². The Balaban J connectivity index is 1.96. The zero-order valence-electron chi connectivity index (χ0n) is 10.2. The van der Waals surface area contributed by atoms with Crippen LogP contribution < -0.4 is 11.1 Å². The predicted octanol–water partition coefficient (Wildman–Crippen LogP) is 1.52. The summed E-state index contributed by atoms with van der Waals surface area (Å²) in [6, 6.07) is 0.860. The zero-order chi connectivity index (χ0) is 11.1. The summed E-state index contributed by atoms with van der Waals surface area (Å²) in [5.74, 6) is 0.512. The summed E-state index contributed by atoms with van der Waals surface area (Å²) in [7, 11) is 0. The SMILES string of the molecule is CC(C)C(N)COCCC1CCCCN1. The molecule has 1 saturated heterocycles. The maximum Gasteiger partial charge on any atom is 0.0620 e. The highest BCUT2D eigenvalue weighted by Gasteiger charge is 2.12. The molecule has 3 nitrogen and oxygen atoms in total. The molecule has 1 fully saturated rings. The van der Waals surface area contributed by atoms with E-state index in [0.717, 1.165) is 13.0 Å². The van der Waals surface area contributed by atoms with Gasteiger partial charge in [-0.25, -0.2) is 0 Å². The van der Waals surface area contributed by atoms with Crippen molar-refractivity contribution in [3.8, 4) is 0 Å². The molecule has 3 heteroatoms. The monoisotopic (exact) mass is 214 g/mol. The quantitative estimate of drug-likeness (QED) is 0.659. The number of nitrogens with two attached hydrogens (primary N) is 1. The predicted molar refractivity (Wildman–Crippen MR) is 63.9 cm³/mol. The molecule has 1 heterocycles. The van der Waals surface area contributed by atoms with Crippen LogP contribution in [0, 0.1) is 5.92 Å². The molecule has 1 aliphatic heterocycles. The Labute approximate surface area is 93.8 Å². The van der Waals surface area contributed by atoms with Gasteiger partial charge in [-0.3, -0.25) is 0 Å². The molecule has 0 aromatic carbocycles. The summed E-state index contributed by atoms with van der Waals surface area (Å²) in [5.41, 5.74) is 5.90. The minimum absolute atomic E-state index is 0.185. The van der Waals surface area contributed by atoms with Gasteiger partial charge >= 0.3 is 0 Å². The molecule has 0 aromatic rings. The molecular weight excluding hydrogens is 188 g/mol. The van der Waals surface area contributed by atoms with Crippen LogP contribution in [0.1, 0.15) is 39.5 Å². The smallest absolute Gasteiger partial charge is 0.0620 e. The molecule has 2 unspecified atom stereocenters. The van der Waals surface area contributed by atoms with Crippen molar-refractivity contribution < 1.29 is 4.74 Å². The van der Waals surface area contributed by atoms with Crippen molar-refractivity contribution in [3.05, 3.63) is 0 Å². The van der Waals surface area contributed by atoms with Gasteiger partial charge in [-0.15, -0.1) is 0 Å². The van der Waals surface area contributed by atoms with Crippen LogP contribution in [-0.2, 0) is 4.74 Å². The zero-order valence-corrected chi connectivity index (χ0v) is 10.2. The van der Waals surface area contributed by atoms with Crippen LogP contribution in [0.25, 0.3) is 0 Å². The van der Waals surface area contributed by atoms with E-state index in [-0.39, 0.29) is 6.04 Å². The van der Waals surface area contributed by atoms with E-state index in [0.29, 0.717) is 18.6 Å². The third-order valence-electron chi connectivity index (χ3n) is 3.19. The van der Waals surface area contributed by atoms with Crippen molar-refractivity contribution in [2.45, 2.75) is 51.6 Å². The Morgan fingerprint density at radius 3 is 2.80 bits per heavy atom. The van der Waals surface area contributed by atoms with Crippen LogP contribution in [0.15, 0.2) is 0 Å². The van der Waals surface area contributed by atoms with E-state index in [1.165, 1.54) is 25.8 Å². The largest absolute Gasteiger partial charge is 0.380 e. The normalized spacial score (nSPS) is 24.4. The van der Waals surface area contributed by atoms with Gasteiger partial charge in [-0.2, -0.15) is 0 Å². The molecule has 0 aromatic heterocycles. The van der Waals surface area contributed by atoms with Gasteiger partial charge in [0, 0.05) is 18.7 Å². The molecule has 0 saturated carbocycles. The minimum atomic E-state index is 0.185. The first-order chi connectivity index (χ1) is 7.20. The van der Waals surface area contributed by atoms with Crippen LogP contribution in [0.4, 0.5) is 0 Å². The molecule has 90 valence electrons. The molecule has 15 heavy (non-hydrogen) atoms. The first-order valence-electron chi connectivity index (χ1n) is 6.27. The average Bonchev–Trinajstić information content (AvgIpc) is 2.25. The first-order valence-corrected chi connectivity index (χ1v) is 6.27. The van der Waals surface area contributed by atoms with Crippen LogP contribution in [-0.4, -0.2) is 31.8 Å². The van der Waals surface area contributed by atoms with Gasteiger partial charge in [0.15, 0.2) is 0 Å². The lowest BCUT2D eigenvalue weighted by atomic mass is 10.0. The van der Waals surface area contributed by atoms with Crippen molar-refractivity contribution in [1.82, 2.24) is 5.32 Å². The third kappa shape index (κ3) is 5.50. The second-order valence-electron chi connectivity index (χ2n) is 4.92. The standard InChI is InChI=1S/C12H26N2O/c1-10(2)12(13)9-15-8-6-11-5-3-4-7-14-11/h10-12,14H,3-9,13H2,1-2H3. The second kappa shape index (κ2) is 7.20. The van der Waals surface area contributed by atoms with Crippen LogP contribution in [0.3, 0.4) is 0 Å². The van der Waals surface area contributed by atoms with Gasteiger partial charge in [0.1, 0.15) is 0 Å². The Kier molecular flexibility index (Phi) is 6.22. The van der Waals surface area contributed by atoms with Crippen molar-refractivity contribution in [1.29, 1.82) is 0 Å². The molecule has 3 N–H and O–H groups in total. The van der Waals surface area contributed by atoms with Crippen LogP contribution >= 0.6 is 0 Å². The fraction of sp³-hybridized carbons (Fsp3) is 1.00. The summed E-state index contributed by atoms with van der Waals surface area (Å²) in [6.07, 6.45) is 5.13. The van der Waals surface area contributed by atoms with Crippen LogP contribution in [0.5, 0.6) is 0 Å². The molecule has 0 aliphatic carbocycles. The van der Waals surface area contributed by atoms with E-state index in [1.54, 1.807) is 0 Å². The third-order valence-corrected chi connectivity index (χ3v) is 3.19. The summed E-state index contributed by atoms with van der Waals surface area (Å²) in [6.45, 7) is 6.99. The summed E-state index contributed by atoms with van der Waals surface area (Å²) in [5, 5.41) is 3.52. The minimum Gasteiger partial charge on any atom is -0.380 e. The van der Waals surface area contributed by atoms with Gasteiger partial charge in [-0.1, -0.05) is 20.3 Å². The Morgan fingerprint density at radius 1 is 1.40 bits per heavy atom. The van der Waals surface area contributed by atoms with Crippen molar-refractivity contribution in [2.24, 2.45) is 11.7 Å². The van der Waals surface area contributed by atoms with E-state index in [2.05, 4.69) is 19.2 Å². The fourth-order valence-corrected chi connectivity index (χ4v) is 1.81. The van der Waals surface area contributed by atoms with Crippen LogP contribution in [0.2, 0.25) is 0 Å². The summed E-state index contributed by atoms with van der Waals surface area (Å²) in [4.78, 5) is 0. The number of hydrogen-bond acceptors (Lipinski definition) is 3. The highest BCUT2D eigenvalue weighted by molar-refractivity contribution is 4.72. The lowest BCUT2D eigenvalue weighted by Gasteiger charge is -2.23. The van der Waals surface area contributed by atoms with Crippen molar-refractivity contribution in [2.75, 3.05) is 19.8 Å². The molecule has 0 radical (unpaired) electrons. The van der Waals surface area contributed by atoms with E-state index in [9.17, 15) is 0 Å². The highest BCUT2D eigenvalue weighted by atomic mass is 16.5.